The van der Waals surface area contributed by atoms with Crippen LogP contribution in [-0.4, -0.2) is 46.6 Å². The molecule has 1 aliphatic heterocycles. The molecule has 2 heterocycles. The molecule has 1 aromatic carbocycles. The smallest absolute Gasteiger partial charge is 0.272 e. The number of nitrogens with one attached hydrogen (secondary N) is 2. The summed E-state index contributed by atoms with van der Waals surface area (Å²) in [6, 6.07) is 7.23. The third-order valence-corrected chi connectivity index (χ3v) is 4.19. The SMILES string of the molecule is CCNC(=O)c1n[nH]c2c1CN(C(=O)c1ccccc1OCC)CC2. The van der Waals surface area contributed by atoms with E-state index in [1.807, 2.05) is 26.0 Å². The largest absolute Gasteiger partial charge is 0.493 e. The Morgan fingerprint density at radius 3 is 2.88 bits per heavy atom. The van der Waals surface area contributed by atoms with Gasteiger partial charge in [-0.3, -0.25) is 14.7 Å². The molecule has 0 fully saturated rings. The minimum Gasteiger partial charge on any atom is -0.493 e. The zero-order valence-electron chi connectivity index (χ0n) is 14.5. The Bertz CT molecular complexity index is 784. The summed E-state index contributed by atoms with van der Waals surface area (Å²) < 4.78 is 5.57. The van der Waals surface area contributed by atoms with Gasteiger partial charge >= 0.3 is 0 Å². The van der Waals surface area contributed by atoms with E-state index >= 15 is 0 Å². The Labute approximate surface area is 146 Å². The van der Waals surface area contributed by atoms with E-state index in [-0.39, 0.29) is 11.8 Å². The molecule has 0 spiro atoms. The van der Waals surface area contributed by atoms with Crippen LogP contribution in [0.25, 0.3) is 0 Å². The summed E-state index contributed by atoms with van der Waals surface area (Å²) in [7, 11) is 0. The number of hydrogen-bond donors (Lipinski definition) is 2. The summed E-state index contributed by atoms with van der Waals surface area (Å²) in [6.45, 7) is 5.71. The van der Waals surface area contributed by atoms with Gasteiger partial charge in [0.2, 0.25) is 0 Å². The van der Waals surface area contributed by atoms with Crippen molar-refractivity contribution in [3.05, 3.63) is 46.8 Å². The molecule has 7 nitrogen and oxygen atoms in total. The second kappa shape index (κ2) is 7.38. The first-order chi connectivity index (χ1) is 12.2. The molecule has 0 atom stereocenters. The molecule has 1 aliphatic rings. The van der Waals surface area contributed by atoms with Crippen LogP contribution in [0.4, 0.5) is 0 Å². The normalized spacial score (nSPS) is 13.3. The lowest BCUT2D eigenvalue weighted by Gasteiger charge is -2.27. The van der Waals surface area contributed by atoms with Crippen molar-refractivity contribution in [1.29, 1.82) is 0 Å². The number of hydrogen-bond acceptors (Lipinski definition) is 4. The van der Waals surface area contributed by atoms with Crippen LogP contribution in [0.2, 0.25) is 0 Å². The Balaban J connectivity index is 1.84. The number of ether oxygens (including phenoxy) is 1. The van der Waals surface area contributed by atoms with E-state index in [4.69, 9.17) is 4.74 Å². The van der Waals surface area contributed by atoms with Gasteiger partial charge in [0.1, 0.15) is 5.75 Å². The average Bonchev–Trinajstić information content (AvgIpc) is 3.05. The van der Waals surface area contributed by atoms with Gasteiger partial charge in [-0.25, -0.2) is 0 Å². The van der Waals surface area contributed by atoms with E-state index < -0.39 is 0 Å². The van der Waals surface area contributed by atoms with Gasteiger partial charge in [0.25, 0.3) is 11.8 Å². The van der Waals surface area contributed by atoms with E-state index in [0.29, 0.717) is 49.7 Å². The second-order valence-electron chi connectivity index (χ2n) is 5.79. The molecule has 0 aliphatic carbocycles. The third kappa shape index (κ3) is 3.35. The number of benzene rings is 1. The number of carbonyl (C=O) groups is 2. The molecule has 1 aromatic heterocycles. The molecule has 132 valence electrons. The van der Waals surface area contributed by atoms with E-state index in [1.54, 1.807) is 17.0 Å². The fourth-order valence-electron chi connectivity index (χ4n) is 3.00. The number of nitrogens with zero attached hydrogens (tertiary/aromatic N) is 2. The number of aromatic nitrogens is 2. The van der Waals surface area contributed by atoms with Gasteiger partial charge in [0.15, 0.2) is 5.69 Å². The fraction of sp³-hybridized carbons (Fsp3) is 0.389. The predicted octanol–water partition coefficient (Wildman–Crippen LogP) is 1.76. The first-order valence-corrected chi connectivity index (χ1v) is 8.51. The molecule has 0 unspecified atom stereocenters. The fourth-order valence-corrected chi connectivity index (χ4v) is 3.00. The minimum absolute atomic E-state index is 0.0993. The summed E-state index contributed by atoms with van der Waals surface area (Å²) in [6.07, 6.45) is 0.643. The highest BCUT2D eigenvalue weighted by molar-refractivity contribution is 5.98. The molecule has 0 bridgehead atoms. The van der Waals surface area contributed by atoms with Crippen molar-refractivity contribution < 1.29 is 14.3 Å². The maximum Gasteiger partial charge on any atom is 0.272 e. The first-order valence-electron chi connectivity index (χ1n) is 8.51. The highest BCUT2D eigenvalue weighted by Crippen LogP contribution is 2.25. The number of H-pyrrole nitrogens is 1. The number of rotatable bonds is 5. The standard InChI is InChI=1S/C18H22N4O3/c1-3-19-17(23)16-13-11-22(10-9-14(13)20-21-16)18(24)12-7-5-6-8-15(12)25-4-2/h5-8H,3-4,9-11H2,1-2H3,(H,19,23)(H,20,21). The number of fused-ring (bicyclic) bond motifs is 1. The van der Waals surface area contributed by atoms with Crippen LogP contribution in [0.5, 0.6) is 5.75 Å². The van der Waals surface area contributed by atoms with Gasteiger partial charge < -0.3 is 15.0 Å². The lowest BCUT2D eigenvalue weighted by atomic mass is 10.0. The van der Waals surface area contributed by atoms with Crippen LogP contribution in [0.3, 0.4) is 0 Å². The zero-order valence-corrected chi connectivity index (χ0v) is 14.5. The van der Waals surface area contributed by atoms with Gasteiger partial charge in [-0.2, -0.15) is 5.10 Å². The average molecular weight is 342 g/mol. The summed E-state index contributed by atoms with van der Waals surface area (Å²) in [4.78, 5) is 26.8. The van der Waals surface area contributed by atoms with Gasteiger partial charge in [0.05, 0.1) is 18.7 Å². The van der Waals surface area contributed by atoms with Crippen LogP contribution in [-0.2, 0) is 13.0 Å². The third-order valence-electron chi connectivity index (χ3n) is 4.19. The summed E-state index contributed by atoms with van der Waals surface area (Å²) in [5.74, 6) is 0.263. The van der Waals surface area contributed by atoms with Gasteiger partial charge in [-0.05, 0) is 26.0 Å². The maximum atomic E-state index is 12.9. The van der Waals surface area contributed by atoms with Crippen LogP contribution in [0, 0.1) is 0 Å². The van der Waals surface area contributed by atoms with Crippen molar-refractivity contribution >= 4 is 11.8 Å². The molecular weight excluding hydrogens is 320 g/mol. The lowest BCUT2D eigenvalue weighted by molar-refractivity contribution is 0.0727. The molecule has 2 N–H and O–H groups in total. The van der Waals surface area contributed by atoms with E-state index in [9.17, 15) is 9.59 Å². The van der Waals surface area contributed by atoms with Crippen molar-refractivity contribution in [3.8, 4) is 5.75 Å². The van der Waals surface area contributed by atoms with Crippen molar-refractivity contribution in [2.24, 2.45) is 0 Å². The maximum absolute atomic E-state index is 12.9. The molecule has 0 saturated heterocycles. The van der Waals surface area contributed by atoms with Crippen LogP contribution in [0.1, 0.15) is 46.0 Å². The molecule has 25 heavy (non-hydrogen) atoms. The number of amides is 2. The lowest BCUT2D eigenvalue weighted by Crippen LogP contribution is -2.37. The number of para-hydroxylation sites is 1. The summed E-state index contributed by atoms with van der Waals surface area (Å²) in [5, 5.41) is 9.81. The Hall–Kier alpha value is -2.83. The molecular formula is C18H22N4O3. The zero-order chi connectivity index (χ0) is 17.8. The van der Waals surface area contributed by atoms with Gasteiger partial charge in [0, 0.05) is 30.8 Å². The van der Waals surface area contributed by atoms with Crippen LogP contribution >= 0.6 is 0 Å². The molecule has 2 amide bonds. The van der Waals surface area contributed by atoms with Crippen molar-refractivity contribution in [2.75, 3.05) is 19.7 Å². The Morgan fingerprint density at radius 1 is 1.32 bits per heavy atom. The van der Waals surface area contributed by atoms with Crippen molar-refractivity contribution in [1.82, 2.24) is 20.4 Å². The minimum atomic E-state index is -0.219. The van der Waals surface area contributed by atoms with E-state index in [0.717, 1.165) is 11.3 Å². The van der Waals surface area contributed by atoms with Crippen molar-refractivity contribution in [2.45, 2.75) is 26.8 Å². The number of carbonyl (C=O) groups excluding carboxylic acids is 2. The monoisotopic (exact) mass is 342 g/mol. The van der Waals surface area contributed by atoms with Crippen molar-refractivity contribution in [3.63, 3.8) is 0 Å². The predicted molar refractivity (Wildman–Crippen MR) is 92.7 cm³/mol. The highest BCUT2D eigenvalue weighted by Gasteiger charge is 2.29. The van der Waals surface area contributed by atoms with Gasteiger partial charge in [-0.15, -0.1) is 0 Å². The van der Waals surface area contributed by atoms with Crippen LogP contribution in [0.15, 0.2) is 24.3 Å². The molecule has 2 aromatic rings. The molecule has 7 heteroatoms. The Kier molecular flexibility index (Phi) is 5.02. The summed E-state index contributed by atoms with van der Waals surface area (Å²) >= 11 is 0. The first kappa shape index (κ1) is 17.0. The molecule has 0 saturated carbocycles. The van der Waals surface area contributed by atoms with E-state index in [2.05, 4.69) is 15.5 Å². The van der Waals surface area contributed by atoms with Crippen LogP contribution < -0.4 is 10.1 Å². The van der Waals surface area contributed by atoms with Gasteiger partial charge in [-0.1, -0.05) is 12.1 Å². The Morgan fingerprint density at radius 2 is 2.12 bits per heavy atom. The number of aromatic amines is 1. The molecule has 3 rings (SSSR count). The second-order valence-corrected chi connectivity index (χ2v) is 5.79. The topological polar surface area (TPSA) is 87.3 Å². The molecule has 0 radical (unpaired) electrons. The summed E-state index contributed by atoms with van der Waals surface area (Å²) in [5.41, 5.74) is 2.62. The highest BCUT2D eigenvalue weighted by atomic mass is 16.5. The quantitative estimate of drug-likeness (QED) is 0.867. The van der Waals surface area contributed by atoms with E-state index in [1.165, 1.54) is 0 Å².